The van der Waals surface area contributed by atoms with Crippen molar-refractivity contribution in [1.29, 1.82) is 0 Å². The molecule has 1 aromatic carbocycles. The van der Waals surface area contributed by atoms with Gasteiger partial charge in [0.25, 0.3) is 5.56 Å². The number of benzene rings is 1. The lowest BCUT2D eigenvalue weighted by Gasteiger charge is -2.32. The number of carbonyl (C=O) groups excluding carboxylic acids is 1. The summed E-state index contributed by atoms with van der Waals surface area (Å²) in [4.78, 5) is 38.1. The van der Waals surface area contributed by atoms with Crippen molar-refractivity contribution < 1.29 is 9.53 Å². The van der Waals surface area contributed by atoms with Gasteiger partial charge in [-0.25, -0.2) is 9.36 Å². The van der Waals surface area contributed by atoms with E-state index in [-0.39, 0.29) is 23.1 Å². The lowest BCUT2D eigenvalue weighted by Crippen LogP contribution is -2.39. The number of aromatic nitrogens is 2. The zero-order valence-electron chi connectivity index (χ0n) is 21.1. The average Bonchev–Trinajstić information content (AvgIpc) is 2.76. The van der Waals surface area contributed by atoms with Crippen LogP contribution >= 0.6 is 0 Å². The van der Waals surface area contributed by atoms with E-state index in [1.807, 2.05) is 25.1 Å². The Labute approximate surface area is 197 Å². The molecule has 0 saturated carbocycles. The molecule has 0 bridgehead atoms. The molecule has 0 saturated heterocycles. The second-order valence-corrected chi connectivity index (χ2v) is 9.98. The van der Waals surface area contributed by atoms with Crippen molar-refractivity contribution in [2.45, 2.75) is 80.2 Å². The molecule has 182 valence electrons. The molecule has 0 radical (unpaired) electrons. The van der Waals surface area contributed by atoms with Gasteiger partial charge in [0, 0.05) is 18.3 Å². The summed E-state index contributed by atoms with van der Waals surface area (Å²) in [6, 6.07) is 9.01. The standard InChI is InChI=1S/C27H40N2O4/c1-20(2)18-27(6,21(3)4)25(31)33-17-13-8-7-12-16-28-19-22(5)24(30)29(26(28)32)23-14-10-9-11-15-23/h9-11,14-15,19-21H,7-8,12-13,16-18H2,1-6H3. The van der Waals surface area contributed by atoms with Crippen molar-refractivity contribution in [2.24, 2.45) is 17.3 Å². The summed E-state index contributed by atoms with van der Waals surface area (Å²) in [7, 11) is 0. The number of para-hydroxylation sites is 1. The second-order valence-electron chi connectivity index (χ2n) is 9.98. The Balaban J connectivity index is 1.85. The first-order chi connectivity index (χ1) is 15.6. The van der Waals surface area contributed by atoms with Gasteiger partial charge in [0.2, 0.25) is 0 Å². The Morgan fingerprint density at radius 2 is 1.64 bits per heavy atom. The van der Waals surface area contributed by atoms with Crippen LogP contribution in [0.2, 0.25) is 0 Å². The van der Waals surface area contributed by atoms with Gasteiger partial charge in [-0.3, -0.25) is 14.2 Å². The van der Waals surface area contributed by atoms with Crippen molar-refractivity contribution in [2.75, 3.05) is 6.61 Å². The van der Waals surface area contributed by atoms with Crippen LogP contribution in [-0.2, 0) is 16.1 Å². The molecule has 1 unspecified atom stereocenters. The molecule has 2 aromatic rings. The van der Waals surface area contributed by atoms with Crippen molar-refractivity contribution in [3.63, 3.8) is 0 Å². The maximum Gasteiger partial charge on any atom is 0.335 e. The number of esters is 1. The van der Waals surface area contributed by atoms with Gasteiger partial charge < -0.3 is 4.74 Å². The normalized spacial score (nSPS) is 13.3. The maximum atomic E-state index is 12.9. The van der Waals surface area contributed by atoms with Crippen molar-refractivity contribution in [1.82, 2.24) is 9.13 Å². The number of aryl methyl sites for hydroxylation is 2. The van der Waals surface area contributed by atoms with Gasteiger partial charge in [0.15, 0.2) is 0 Å². The first kappa shape index (κ1) is 26.6. The molecular formula is C27H40N2O4. The number of ether oxygens (including phenoxy) is 1. The summed E-state index contributed by atoms with van der Waals surface area (Å²) in [5.41, 5.74) is 0.0753. The molecular weight excluding hydrogens is 416 g/mol. The number of carbonyl (C=O) groups is 1. The lowest BCUT2D eigenvalue weighted by atomic mass is 9.73. The minimum atomic E-state index is -0.449. The minimum absolute atomic E-state index is 0.101. The molecule has 1 aromatic heterocycles. The molecule has 0 N–H and O–H groups in total. The number of rotatable bonds is 12. The average molecular weight is 457 g/mol. The molecule has 1 atom stereocenters. The molecule has 6 nitrogen and oxygen atoms in total. The van der Waals surface area contributed by atoms with Gasteiger partial charge >= 0.3 is 11.7 Å². The predicted octanol–water partition coefficient (Wildman–Crippen LogP) is 5.12. The Morgan fingerprint density at radius 3 is 2.24 bits per heavy atom. The van der Waals surface area contributed by atoms with Crippen LogP contribution in [-0.4, -0.2) is 21.7 Å². The van der Waals surface area contributed by atoms with E-state index in [0.29, 0.717) is 30.3 Å². The van der Waals surface area contributed by atoms with Gasteiger partial charge in [-0.05, 0) is 63.5 Å². The molecule has 0 aliphatic carbocycles. The number of hydrogen-bond acceptors (Lipinski definition) is 4. The summed E-state index contributed by atoms with van der Waals surface area (Å²) in [6.45, 7) is 13.1. The van der Waals surface area contributed by atoms with E-state index in [1.165, 1.54) is 4.57 Å². The quantitative estimate of drug-likeness (QED) is 0.328. The van der Waals surface area contributed by atoms with Crippen LogP contribution in [0.15, 0.2) is 46.1 Å². The highest BCUT2D eigenvalue weighted by Crippen LogP contribution is 2.35. The van der Waals surface area contributed by atoms with Crippen molar-refractivity contribution in [3.8, 4) is 5.69 Å². The maximum absolute atomic E-state index is 12.9. The number of nitrogens with zero attached hydrogens (tertiary/aromatic N) is 2. The minimum Gasteiger partial charge on any atom is -0.465 e. The van der Waals surface area contributed by atoms with Crippen molar-refractivity contribution in [3.05, 3.63) is 62.9 Å². The molecule has 6 heteroatoms. The largest absolute Gasteiger partial charge is 0.465 e. The summed E-state index contributed by atoms with van der Waals surface area (Å²) in [5.74, 6) is 0.568. The Hall–Kier alpha value is -2.63. The molecule has 33 heavy (non-hydrogen) atoms. The predicted molar refractivity (Wildman–Crippen MR) is 133 cm³/mol. The third kappa shape index (κ3) is 6.92. The highest BCUT2D eigenvalue weighted by molar-refractivity contribution is 5.76. The van der Waals surface area contributed by atoms with E-state index in [2.05, 4.69) is 27.7 Å². The van der Waals surface area contributed by atoms with Gasteiger partial charge in [-0.1, -0.05) is 52.3 Å². The van der Waals surface area contributed by atoms with E-state index < -0.39 is 5.41 Å². The summed E-state index contributed by atoms with van der Waals surface area (Å²) in [5, 5.41) is 0. The first-order valence-electron chi connectivity index (χ1n) is 12.1. The molecule has 0 amide bonds. The number of unbranched alkanes of at least 4 members (excludes halogenated alkanes) is 3. The molecule has 0 fully saturated rings. The molecule has 0 aliphatic heterocycles. The summed E-state index contributed by atoms with van der Waals surface area (Å²) < 4.78 is 8.46. The van der Waals surface area contributed by atoms with Crippen LogP contribution < -0.4 is 11.2 Å². The van der Waals surface area contributed by atoms with Crippen LogP contribution in [0.1, 0.15) is 72.3 Å². The highest BCUT2D eigenvalue weighted by Gasteiger charge is 2.38. The second kappa shape index (κ2) is 12.0. The van der Waals surface area contributed by atoms with Gasteiger partial charge in [0.05, 0.1) is 17.7 Å². The first-order valence-corrected chi connectivity index (χ1v) is 12.1. The monoisotopic (exact) mass is 456 g/mol. The topological polar surface area (TPSA) is 70.3 Å². The fraction of sp³-hybridized carbons (Fsp3) is 0.593. The van der Waals surface area contributed by atoms with Crippen LogP contribution in [0.25, 0.3) is 5.69 Å². The zero-order chi connectivity index (χ0) is 24.6. The molecule has 2 rings (SSSR count). The van der Waals surface area contributed by atoms with Gasteiger partial charge in [0.1, 0.15) is 0 Å². The van der Waals surface area contributed by atoms with Crippen molar-refractivity contribution >= 4 is 5.97 Å². The van der Waals surface area contributed by atoms with Crippen LogP contribution in [0, 0.1) is 24.2 Å². The molecule has 0 spiro atoms. The molecule has 0 aliphatic rings. The highest BCUT2D eigenvalue weighted by atomic mass is 16.5. The third-order valence-corrected chi connectivity index (χ3v) is 6.44. The Bertz CT molecular complexity index is 1020. The van der Waals surface area contributed by atoms with Gasteiger partial charge in [-0.2, -0.15) is 0 Å². The van der Waals surface area contributed by atoms with Crippen LogP contribution in [0.4, 0.5) is 0 Å². The van der Waals surface area contributed by atoms with E-state index in [1.54, 1.807) is 29.8 Å². The fourth-order valence-corrected chi connectivity index (χ4v) is 4.17. The van der Waals surface area contributed by atoms with Crippen LogP contribution in [0.3, 0.4) is 0 Å². The Morgan fingerprint density at radius 1 is 1.00 bits per heavy atom. The third-order valence-electron chi connectivity index (χ3n) is 6.44. The van der Waals surface area contributed by atoms with E-state index in [4.69, 9.17) is 4.74 Å². The fourth-order valence-electron chi connectivity index (χ4n) is 4.17. The zero-order valence-corrected chi connectivity index (χ0v) is 21.1. The van der Waals surface area contributed by atoms with E-state index in [9.17, 15) is 14.4 Å². The number of hydrogen-bond donors (Lipinski definition) is 0. The summed E-state index contributed by atoms with van der Waals surface area (Å²) >= 11 is 0. The van der Waals surface area contributed by atoms with Gasteiger partial charge in [-0.15, -0.1) is 0 Å². The molecule has 1 heterocycles. The SMILES string of the molecule is Cc1cn(CCCCCCOC(=O)C(C)(CC(C)C)C(C)C)c(=O)n(-c2ccccc2)c1=O. The van der Waals surface area contributed by atoms with E-state index >= 15 is 0 Å². The Kier molecular flexibility index (Phi) is 9.69. The summed E-state index contributed by atoms with van der Waals surface area (Å²) in [6.07, 6.45) is 5.93. The van der Waals surface area contributed by atoms with E-state index in [0.717, 1.165) is 32.1 Å². The van der Waals surface area contributed by atoms with Crippen LogP contribution in [0.5, 0.6) is 0 Å². The smallest absolute Gasteiger partial charge is 0.335 e. The lowest BCUT2D eigenvalue weighted by molar-refractivity contribution is -0.159.